The maximum Gasteiger partial charge on any atom is 0.151 e. The monoisotopic (exact) mass is 281 g/mol. The van der Waals surface area contributed by atoms with Gasteiger partial charge in [0.1, 0.15) is 5.75 Å². The van der Waals surface area contributed by atoms with E-state index in [1.807, 2.05) is 25.1 Å². The Bertz CT molecular complexity index is 540. The van der Waals surface area contributed by atoms with E-state index in [-0.39, 0.29) is 5.75 Å². The molecule has 0 unspecified atom stereocenters. The maximum absolute atomic E-state index is 9.77. The number of rotatable bonds is 2. The Balaban J connectivity index is 2.68. The number of halogens is 1. The summed E-state index contributed by atoms with van der Waals surface area (Å²) in [5.74, 6) is 0.960. The summed E-state index contributed by atoms with van der Waals surface area (Å²) >= 11 is 3.37. The number of nitrogens with zero attached hydrogens (tertiary/aromatic N) is 1. The van der Waals surface area contributed by atoms with Gasteiger partial charge in [-0.2, -0.15) is 0 Å². The fraction of sp³-hybridized carbons (Fsp3) is 0.250. The van der Waals surface area contributed by atoms with Gasteiger partial charge in [0.15, 0.2) is 5.75 Å². The second kappa shape index (κ2) is 4.29. The molecular formula is C12H12BrNO2. The Hall–Kier alpha value is -1.29. The van der Waals surface area contributed by atoms with E-state index in [1.54, 1.807) is 6.92 Å². The lowest BCUT2D eigenvalue weighted by molar-refractivity contribution is 0.340. The number of ether oxygens (including phenoxy) is 1. The van der Waals surface area contributed by atoms with Crippen LogP contribution in [0, 0.1) is 6.92 Å². The molecule has 1 aromatic heterocycles. The molecule has 1 heterocycles. The summed E-state index contributed by atoms with van der Waals surface area (Å²) in [6.45, 7) is 4.33. The van der Waals surface area contributed by atoms with Crippen molar-refractivity contribution in [1.29, 1.82) is 0 Å². The summed E-state index contributed by atoms with van der Waals surface area (Å²) in [4.78, 5) is 4.30. The molecule has 0 aliphatic rings. The number of fused-ring (bicyclic) bond motifs is 1. The molecule has 3 nitrogen and oxygen atoms in total. The fourth-order valence-corrected chi connectivity index (χ4v) is 2.17. The highest BCUT2D eigenvalue weighted by Crippen LogP contribution is 2.35. The first-order valence-electron chi connectivity index (χ1n) is 5.05. The first kappa shape index (κ1) is 11.2. The number of benzene rings is 1. The molecule has 2 rings (SSSR count). The van der Waals surface area contributed by atoms with Gasteiger partial charge in [0.2, 0.25) is 0 Å². The number of aromatic nitrogens is 1. The Kier molecular flexibility index (Phi) is 3.01. The van der Waals surface area contributed by atoms with Crippen LogP contribution in [0.25, 0.3) is 10.9 Å². The van der Waals surface area contributed by atoms with Crippen LogP contribution >= 0.6 is 15.9 Å². The molecule has 0 fully saturated rings. The molecule has 0 aliphatic carbocycles. The number of aryl methyl sites for hydroxylation is 1. The van der Waals surface area contributed by atoms with Crippen molar-refractivity contribution in [2.45, 2.75) is 13.8 Å². The Morgan fingerprint density at radius 2 is 2.19 bits per heavy atom. The average molecular weight is 282 g/mol. The van der Waals surface area contributed by atoms with Crippen LogP contribution in [0.15, 0.2) is 22.7 Å². The predicted octanol–water partition coefficient (Wildman–Crippen LogP) is 3.41. The van der Waals surface area contributed by atoms with E-state index in [9.17, 15) is 5.11 Å². The van der Waals surface area contributed by atoms with E-state index in [0.717, 1.165) is 16.7 Å². The smallest absolute Gasteiger partial charge is 0.151 e. The third-order valence-electron chi connectivity index (χ3n) is 2.35. The molecule has 0 spiro atoms. The third kappa shape index (κ3) is 1.85. The molecule has 84 valence electrons. The minimum absolute atomic E-state index is 0.182. The largest absolute Gasteiger partial charge is 0.505 e. The first-order valence-corrected chi connectivity index (χ1v) is 5.84. The summed E-state index contributed by atoms with van der Waals surface area (Å²) in [5.41, 5.74) is 1.45. The van der Waals surface area contributed by atoms with Crippen molar-refractivity contribution in [3.63, 3.8) is 0 Å². The molecule has 0 amide bonds. The summed E-state index contributed by atoms with van der Waals surface area (Å²) in [6.07, 6.45) is 0. The van der Waals surface area contributed by atoms with Gasteiger partial charge in [-0.15, -0.1) is 0 Å². The molecule has 0 saturated carbocycles. The van der Waals surface area contributed by atoms with Crippen LogP contribution in [0.1, 0.15) is 12.6 Å². The number of hydrogen-bond acceptors (Lipinski definition) is 3. The van der Waals surface area contributed by atoms with Crippen LogP contribution in [0.2, 0.25) is 0 Å². The first-order chi connectivity index (χ1) is 7.63. The second-order valence-corrected chi connectivity index (χ2v) is 4.26. The zero-order chi connectivity index (χ0) is 11.7. The van der Waals surface area contributed by atoms with Crippen LogP contribution in [-0.2, 0) is 0 Å². The molecule has 1 aromatic carbocycles. The van der Waals surface area contributed by atoms with Crippen molar-refractivity contribution in [2.24, 2.45) is 0 Å². The molecule has 0 atom stereocenters. The fourth-order valence-electron chi connectivity index (χ4n) is 1.56. The van der Waals surface area contributed by atoms with Gasteiger partial charge in [0, 0.05) is 5.39 Å². The van der Waals surface area contributed by atoms with E-state index in [2.05, 4.69) is 20.9 Å². The molecule has 0 saturated heterocycles. The van der Waals surface area contributed by atoms with Crippen LogP contribution in [-0.4, -0.2) is 16.7 Å². The van der Waals surface area contributed by atoms with Gasteiger partial charge in [-0.05, 0) is 48.0 Å². The Labute approximate surface area is 102 Å². The van der Waals surface area contributed by atoms with E-state index < -0.39 is 0 Å². The lowest BCUT2D eigenvalue weighted by Gasteiger charge is -2.08. The van der Waals surface area contributed by atoms with Crippen LogP contribution in [0.3, 0.4) is 0 Å². The molecule has 1 N–H and O–H groups in total. The molecule has 2 aromatic rings. The number of pyridine rings is 1. The van der Waals surface area contributed by atoms with Crippen molar-refractivity contribution in [3.05, 3.63) is 28.4 Å². The quantitative estimate of drug-likeness (QED) is 0.917. The summed E-state index contributed by atoms with van der Waals surface area (Å²) in [7, 11) is 0. The normalized spacial score (nSPS) is 10.7. The van der Waals surface area contributed by atoms with E-state index in [4.69, 9.17) is 4.74 Å². The zero-order valence-electron chi connectivity index (χ0n) is 9.12. The molecule has 0 aliphatic heterocycles. The minimum atomic E-state index is 0.182. The molecule has 0 bridgehead atoms. The highest BCUT2D eigenvalue weighted by atomic mass is 79.9. The molecule has 0 radical (unpaired) electrons. The van der Waals surface area contributed by atoms with E-state index in [1.165, 1.54) is 0 Å². The van der Waals surface area contributed by atoms with Crippen LogP contribution < -0.4 is 4.74 Å². The van der Waals surface area contributed by atoms with E-state index >= 15 is 0 Å². The van der Waals surface area contributed by atoms with Crippen molar-refractivity contribution >= 4 is 26.8 Å². The van der Waals surface area contributed by atoms with Crippen molar-refractivity contribution in [1.82, 2.24) is 4.98 Å². The lowest BCUT2D eigenvalue weighted by Crippen LogP contribution is -1.92. The second-order valence-electron chi connectivity index (χ2n) is 3.47. The van der Waals surface area contributed by atoms with Gasteiger partial charge >= 0.3 is 0 Å². The van der Waals surface area contributed by atoms with Gasteiger partial charge < -0.3 is 9.84 Å². The average Bonchev–Trinajstić information content (AvgIpc) is 2.28. The van der Waals surface area contributed by atoms with Gasteiger partial charge in [0.05, 0.1) is 22.3 Å². The maximum atomic E-state index is 9.77. The van der Waals surface area contributed by atoms with Gasteiger partial charge in [-0.25, -0.2) is 4.98 Å². The molecular weight excluding hydrogens is 270 g/mol. The van der Waals surface area contributed by atoms with Crippen molar-refractivity contribution in [3.8, 4) is 11.5 Å². The number of aromatic hydroxyl groups is 1. The summed E-state index contributed by atoms with van der Waals surface area (Å²) < 4.78 is 6.07. The van der Waals surface area contributed by atoms with Gasteiger partial charge in [-0.3, -0.25) is 0 Å². The standard InChI is InChI=1S/C12H12BrNO2/c1-3-16-8-4-5-10-9(6-8)11(13)12(15)7(2)14-10/h4-6,15H,3H2,1-2H3. The highest BCUT2D eigenvalue weighted by molar-refractivity contribution is 9.10. The van der Waals surface area contributed by atoms with Crippen LogP contribution in [0.5, 0.6) is 11.5 Å². The Morgan fingerprint density at radius 1 is 1.44 bits per heavy atom. The predicted molar refractivity (Wildman–Crippen MR) is 67.0 cm³/mol. The highest BCUT2D eigenvalue weighted by Gasteiger charge is 2.09. The third-order valence-corrected chi connectivity index (χ3v) is 3.16. The summed E-state index contributed by atoms with van der Waals surface area (Å²) in [5, 5.41) is 10.6. The lowest BCUT2D eigenvalue weighted by atomic mass is 10.2. The SMILES string of the molecule is CCOc1ccc2nc(C)c(O)c(Br)c2c1. The van der Waals surface area contributed by atoms with E-state index in [0.29, 0.717) is 16.8 Å². The van der Waals surface area contributed by atoms with Crippen molar-refractivity contribution < 1.29 is 9.84 Å². The zero-order valence-corrected chi connectivity index (χ0v) is 10.7. The van der Waals surface area contributed by atoms with Gasteiger partial charge in [-0.1, -0.05) is 0 Å². The van der Waals surface area contributed by atoms with Crippen molar-refractivity contribution in [2.75, 3.05) is 6.61 Å². The topological polar surface area (TPSA) is 42.4 Å². The molecule has 16 heavy (non-hydrogen) atoms. The summed E-state index contributed by atoms with van der Waals surface area (Å²) in [6, 6.07) is 5.63. The van der Waals surface area contributed by atoms with Gasteiger partial charge in [0.25, 0.3) is 0 Å². The minimum Gasteiger partial charge on any atom is -0.505 e. The molecule has 4 heteroatoms. The van der Waals surface area contributed by atoms with Crippen LogP contribution in [0.4, 0.5) is 0 Å². The Morgan fingerprint density at radius 3 is 2.88 bits per heavy atom. The number of hydrogen-bond donors (Lipinski definition) is 1.